The molecule has 0 saturated carbocycles. The Morgan fingerprint density at radius 1 is 1.17 bits per heavy atom. The van der Waals surface area contributed by atoms with E-state index in [-0.39, 0.29) is 11.6 Å². The molecule has 0 unspecified atom stereocenters. The molecule has 3 aromatic rings. The third-order valence-corrected chi connectivity index (χ3v) is 4.44. The molecule has 1 amide bonds. The van der Waals surface area contributed by atoms with Crippen molar-refractivity contribution in [2.45, 2.75) is 19.9 Å². The number of methoxy groups -OCH3 is 2. The summed E-state index contributed by atoms with van der Waals surface area (Å²) in [5.74, 6) is -1.42. The first kappa shape index (κ1) is 21.0. The molecule has 0 radical (unpaired) electrons. The van der Waals surface area contributed by atoms with Crippen molar-refractivity contribution in [2.75, 3.05) is 27.3 Å². The maximum atomic E-state index is 13.4. The van der Waals surface area contributed by atoms with E-state index in [0.717, 1.165) is 4.90 Å². The zero-order valence-corrected chi connectivity index (χ0v) is 17.1. The second kappa shape index (κ2) is 8.76. The Labute approximate surface area is 172 Å². The quantitative estimate of drug-likeness (QED) is 0.539. The van der Waals surface area contributed by atoms with Gasteiger partial charge in [-0.2, -0.15) is 5.10 Å². The molecular weight excluding hydrogens is 392 g/mol. The second-order valence-electron chi connectivity index (χ2n) is 6.77. The minimum absolute atomic E-state index is 0.00829. The number of furan rings is 1. The van der Waals surface area contributed by atoms with Crippen LogP contribution in [0, 0.1) is 0 Å². The molecule has 30 heavy (non-hydrogen) atoms. The first-order valence-corrected chi connectivity index (χ1v) is 9.20. The summed E-state index contributed by atoms with van der Waals surface area (Å²) in [5, 5.41) is 4.83. The summed E-state index contributed by atoms with van der Waals surface area (Å²) in [5.41, 5.74) is 1.14. The van der Waals surface area contributed by atoms with Crippen molar-refractivity contribution in [3.8, 4) is 11.5 Å². The van der Waals surface area contributed by atoms with Crippen LogP contribution in [0.3, 0.4) is 0 Å². The van der Waals surface area contributed by atoms with Gasteiger partial charge in [0.05, 0.1) is 37.6 Å². The van der Waals surface area contributed by atoms with Crippen molar-refractivity contribution >= 4 is 28.9 Å². The van der Waals surface area contributed by atoms with Crippen molar-refractivity contribution in [1.29, 1.82) is 0 Å². The molecule has 158 valence electrons. The highest BCUT2D eigenvalue weighted by Crippen LogP contribution is 2.27. The van der Waals surface area contributed by atoms with Gasteiger partial charge in [0.25, 0.3) is 5.91 Å². The fourth-order valence-corrected chi connectivity index (χ4v) is 2.93. The maximum Gasteiger partial charge on any atom is 0.325 e. The van der Waals surface area contributed by atoms with Crippen LogP contribution >= 0.6 is 0 Å². The third-order valence-electron chi connectivity index (χ3n) is 4.44. The van der Waals surface area contributed by atoms with E-state index in [4.69, 9.17) is 4.42 Å². The predicted octanol–water partition coefficient (Wildman–Crippen LogP) is 2.06. The van der Waals surface area contributed by atoms with Crippen LogP contribution in [0.4, 0.5) is 0 Å². The maximum absolute atomic E-state index is 13.4. The molecule has 3 aromatic heterocycles. The summed E-state index contributed by atoms with van der Waals surface area (Å²) in [6.07, 6.45) is 3.04. The van der Waals surface area contributed by atoms with Crippen molar-refractivity contribution in [3.05, 3.63) is 36.2 Å². The molecule has 0 aromatic carbocycles. The normalized spacial score (nSPS) is 11.0. The number of aromatic nitrogens is 3. The van der Waals surface area contributed by atoms with Crippen LogP contribution in [0.15, 0.2) is 35.1 Å². The Balaban J connectivity index is 2.14. The zero-order valence-electron chi connectivity index (χ0n) is 17.1. The predicted molar refractivity (Wildman–Crippen MR) is 106 cm³/mol. The average molecular weight is 414 g/mol. The van der Waals surface area contributed by atoms with Gasteiger partial charge in [-0.25, -0.2) is 9.67 Å². The Morgan fingerprint density at radius 3 is 2.37 bits per heavy atom. The monoisotopic (exact) mass is 414 g/mol. The van der Waals surface area contributed by atoms with Crippen LogP contribution in [0.5, 0.6) is 0 Å². The van der Waals surface area contributed by atoms with Gasteiger partial charge in [0.1, 0.15) is 18.8 Å². The number of pyridine rings is 1. The SMILES string of the molecule is COC(=O)CN(CC(=O)OC)C(=O)c1cc(-c2ccco2)nc2c1cnn2C(C)C. The fourth-order valence-electron chi connectivity index (χ4n) is 2.93. The summed E-state index contributed by atoms with van der Waals surface area (Å²) >= 11 is 0. The Kier molecular flexibility index (Phi) is 6.14. The van der Waals surface area contributed by atoms with Gasteiger partial charge < -0.3 is 18.8 Å². The van der Waals surface area contributed by atoms with E-state index in [2.05, 4.69) is 19.6 Å². The molecule has 0 atom stereocenters. The molecule has 0 saturated heterocycles. The summed E-state index contributed by atoms with van der Waals surface area (Å²) in [4.78, 5) is 42.7. The molecule has 0 aliphatic carbocycles. The van der Waals surface area contributed by atoms with E-state index in [1.807, 2.05) is 13.8 Å². The van der Waals surface area contributed by atoms with E-state index >= 15 is 0 Å². The molecule has 0 aliphatic heterocycles. The molecule has 0 N–H and O–H groups in total. The first-order chi connectivity index (χ1) is 14.3. The summed E-state index contributed by atoms with van der Waals surface area (Å²) in [7, 11) is 2.41. The number of hydrogen-bond acceptors (Lipinski definition) is 8. The minimum Gasteiger partial charge on any atom is -0.468 e. The summed E-state index contributed by atoms with van der Waals surface area (Å²) in [6.45, 7) is 3.05. The summed E-state index contributed by atoms with van der Waals surface area (Å²) in [6, 6.07) is 4.98. The van der Waals surface area contributed by atoms with Gasteiger partial charge in [0.2, 0.25) is 0 Å². The largest absolute Gasteiger partial charge is 0.468 e. The third kappa shape index (κ3) is 4.17. The van der Waals surface area contributed by atoms with Crippen LogP contribution in [0.1, 0.15) is 30.2 Å². The van der Waals surface area contributed by atoms with E-state index in [1.165, 1.54) is 26.7 Å². The van der Waals surface area contributed by atoms with Gasteiger partial charge in [0.15, 0.2) is 11.4 Å². The molecule has 0 fully saturated rings. The van der Waals surface area contributed by atoms with Gasteiger partial charge in [-0.15, -0.1) is 0 Å². The second-order valence-corrected chi connectivity index (χ2v) is 6.77. The molecular formula is C20H22N4O6. The highest BCUT2D eigenvalue weighted by molar-refractivity contribution is 6.07. The number of carbonyl (C=O) groups is 3. The number of hydrogen-bond donors (Lipinski definition) is 0. The number of amides is 1. The lowest BCUT2D eigenvalue weighted by atomic mass is 10.1. The lowest BCUT2D eigenvalue weighted by Gasteiger charge is -2.21. The lowest BCUT2D eigenvalue weighted by molar-refractivity contribution is -0.144. The number of nitrogens with zero attached hydrogens (tertiary/aromatic N) is 4. The summed E-state index contributed by atoms with van der Waals surface area (Å²) < 4.78 is 16.4. The van der Waals surface area contributed by atoms with E-state index in [9.17, 15) is 14.4 Å². The smallest absolute Gasteiger partial charge is 0.325 e. The standard InChI is InChI=1S/C20H22N4O6/c1-12(2)24-19-14(9-21-24)13(8-15(22-19)16-6-5-7-30-16)20(27)23(10-17(25)28-3)11-18(26)29-4/h5-9,12H,10-11H2,1-4H3. The van der Waals surface area contributed by atoms with Crippen LogP contribution in [0.2, 0.25) is 0 Å². The number of rotatable bonds is 7. The van der Waals surface area contributed by atoms with E-state index in [1.54, 1.807) is 22.9 Å². The van der Waals surface area contributed by atoms with Gasteiger partial charge >= 0.3 is 11.9 Å². The number of ether oxygens (including phenoxy) is 2. The Hall–Kier alpha value is -3.69. The topological polar surface area (TPSA) is 117 Å². The van der Waals surface area contributed by atoms with Crippen molar-refractivity contribution in [3.63, 3.8) is 0 Å². The van der Waals surface area contributed by atoms with Crippen LogP contribution in [-0.4, -0.2) is 64.8 Å². The minimum atomic E-state index is -0.665. The Bertz CT molecular complexity index is 1050. The van der Waals surface area contributed by atoms with E-state index < -0.39 is 30.9 Å². The first-order valence-electron chi connectivity index (χ1n) is 9.20. The Morgan fingerprint density at radius 2 is 1.83 bits per heavy atom. The zero-order chi connectivity index (χ0) is 21.8. The van der Waals surface area contributed by atoms with Crippen LogP contribution in [-0.2, 0) is 19.1 Å². The van der Waals surface area contributed by atoms with Crippen molar-refractivity contribution in [1.82, 2.24) is 19.7 Å². The van der Waals surface area contributed by atoms with Crippen molar-refractivity contribution < 1.29 is 28.3 Å². The lowest BCUT2D eigenvalue weighted by Crippen LogP contribution is -2.40. The molecule has 3 heterocycles. The van der Waals surface area contributed by atoms with E-state index in [0.29, 0.717) is 22.5 Å². The highest BCUT2D eigenvalue weighted by atomic mass is 16.5. The molecule has 3 rings (SSSR count). The fraction of sp³-hybridized carbons (Fsp3) is 0.350. The number of fused-ring (bicyclic) bond motifs is 1. The molecule has 10 nitrogen and oxygen atoms in total. The van der Waals surface area contributed by atoms with Crippen LogP contribution in [0.25, 0.3) is 22.5 Å². The molecule has 0 spiro atoms. The number of esters is 2. The number of carbonyl (C=O) groups excluding carboxylic acids is 3. The van der Waals surface area contributed by atoms with Gasteiger partial charge in [-0.1, -0.05) is 0 Å². The molecule has 0 bridgehead atoms. The van der Waals surface area contributed by atoms with Crippen LogP contribution < -0.4 is 0 Å². The van der Waals surface area contributed by atoms with Gasteiger partial charge in [-0.05, 0) is 32.0 Å². The van der Waals surface area contributed by atoms with Gasteiger partial charge in [-0.3, -0.25) is 14.4 Å². The highest BCUT2D eigenvalue weighted by Gasteiger charge is 2.26. The van der Waals surface area contributed by atoms with Gasteiger partial charge in [0, 0.05) is 6.04 Å². The van der Waals surface area contributed by atoms with Crippen molar-refractivity contribution in [2.24, 2.45) is 0 Å². The molecule has 0 aliphatic rings. The average Bonchev–Trinajstić information content (AvgIpc) is 3.41. The molecule has 10 heteroatoms.